The fraction of sp³-hybridized carbons (Fsp3) is 0.438. The Kier molecular flexibility index (Phi) is 7.74. The molecule has 0 spiro atoms. The lowest BCUT2D eigenvalue weighted by Crippen LogP contribution is -2.34. The molecular weight excluding hydrogens is 364 g/mol. The second-order valence-corrected chi connectivity index (χ2v) is 6.38. The second-order valence-electron chi connectivity index (χ2n) is 5.47. The van der Waals surface area contributed by atoms with Gasteiger partial charge in [0.25, 0.3) is 0 Å². The number of hydrogen-bond donors (Lipinski definition) is 3. The van der Waals surface area contributed by atoms with Crippen LogP contribution in [0.2, 0.25) is 0 Å². The molecule has 0 aliphatic carbocycles. The van der Waals surface area contributed by atoms with Gasteiger partial charge in [-0.2, -0.15) is 0 Å². The lowest BCUT2D eigenvalue weighted by Gasteiger charge is -2.15. The summed E-state index contributed by atoms with van der Waals surface area (Å²) in [5, 5.41) is 14.5. The van der Waals surface area contributed by atoms with Crippen molar-refractivity contribution in [3.05, 3.63) is 34.3 Å². The van der Waals surface area contributed by atoms with Crippen molar-refractivity contribution < 1.29 is 19.5 Å². The number of carbonyl (C=O) groups excluding carboxylic acids is 2. The van der Waals surface area contributed by atoms with Gasteiger partial charge in [0.2, 0.25) is 11.8 Å². The van der Waals surface area contributed by atoms with Gasteiger partial charge in [-0.25, -0.2) is 4.79 Å². The van der Waals surface area contributed by atoms with Gasteiger partial charge >= 0.3 is 5.97 Å². The van der Waals surface area contributed by atoms with Gasteiger partial charge in [-0.05, 0) is 38.0 Å². The molecule has 3 N–H and O–H groups in total. The van der Waals surface area contributed by atoms with Crippen LogP contribution in [0.4, 0.5) is 0 Å². The van der Waals surface area contributed by atoms with Gasteiger partial charge < -0.3 is 15.7 Å². The Hall–Kier alpha value is -1.89. The van der Waals surface area contributed by atoms with E-state index in [0.29, 0.717) is 12.0 Å². The van der Waals surface area contributed by atoms with Gasteiger partial charge in [0.15, 0.2) is 6.04 Å². The molecule has 0 saturated heterocycles. The summed E-state index contributed by atoms with van der Waals surface area (Å²) in [5.41, 5.74) is 0.492. The Morgan fingerprint density at radius 2 is 1.57 bits per heavy atom. The number of rotatable bonds is 8. The van der Waals surface area contributed by atoms with Crippen molar-refractivity contribution in [2.24, 2.45) is 0 Å². The minimum Gasteiger partial charge on any atom is -0.479 e. The molecule has 1 unspecified atom stereocenters. The Morgan fingerprint density at radius 3 is 2.04 bits per heavy atom. The summed E-state index contributed by atoms with van der Waals surface area (Å²) in [6, 6.07) is 5.67. The first-order valence-corrected chi connectivity index (χ1v) is 8.16. The Bertz CT molecular complexity index is 558. The first kappa shape index (κ1) is 19.2. The Morgan fingerprint density at radius 1 is 1.04 bits per heavy atom. The van der Waals surface area contributed by atoms with E-state index in [-0.39, 0.29) is 24.8 Å². The van der Waals surface area contributed by atoms with E-state index >= 15 is 0 Å². The van der Waals surface area contributed by atoms with E-state index in [9.17, 15) is 19.5 Å². The minimum atomic E-state index is -1.13. The van der Waals surface area contributed by atoms with Crippen molar-refractivity contribution in [1.82, 2.24) is 10.6 Å². The highest BCUT2D eigenvalue weighted by molar-refractivity contribution is 9.10. The summed E-state index contributed by atoms with van der Waals surface area (Å²) in [6.07, 6.45) is 0.713. The molecule has 7 heteroatoms. The molecule has 1 aromatic carbocycles. The summed E-state index contributed by atoms with van der Waals surface area (Å²) in [4.78, 5) is 34.7. The number of amides is 2. The molecule has 0 radical (unpaired) electrons. The monoisotopic (exact) mass is 384 g/mol. The van der Waals surface area contributed by atoms with Crippen LogP contribution < -0.4 is 10.6 Å². The van der Waals surface area contributed by atoms with E-state index < -0.39 is 17.9 Å². The average Bonchev–Trinajstić information content (AvgIpc) is 2.44. The first-order chi connectivity index (χ1) is 10.8. The van der Waals surface area contributed by atoms with Crippen molar-refractivity contribution in [3.8, 4) is 0 Å². The predicted molar refractivity (Wildman–Crippen MR) is 89.8 cm³/mol. The van der Waals surface area contributed by atoms with E-state index in [1.165, 1.54) is 0 Å². The highest BCUT2D eigenvalue weighted by Crippen LogP contribution is 2.17. The zero-order valence-electron chi connectivity index (χ0n) is 13.1. The fourth-order valence-electron chi connectivity index (χ4n) is 1.98. The molecule has 6 nitrogen and oxygen atoms in total. The maximum atomic E-state index is 11.9. The summed E-state index contributed by atoms with van der Waals surface area (Å²) in [7, 11) is 0. The Balaban J connectivity index is 2.51. The molecule has 2 amide bonds. The van der Waals surface area contributed by atoms with Gasteiger partial charge in [0, 0.05) is 23.4 Å². The van der Waals surface area contributed by atoms with Gasteiger partial charge in [-0.3, -0.25) is 9.59 Å². The topological polar surface area (TPSA) is 95.5 Å². The molecule has 0 bridgehead atoms. The van der Waals surface area contributed by atoms with E-state index in [0.717, 1.165) is 4.47 Å². The van der Waals surface area contributed by atoms with Gasteiger partial charge in [0.05, 0.1) is 0 Å². The van der Waals surface area contributed by atoms with E-state index in [1.807, 2.05) is 13.8 Å². The third-order valence-corrected chi connectivity index (χ3v) is 3.54. The van der Waals surface area contributed by atoms with Crippen LogP contribution in [0.1, 0.15) is 44.7 Å². The zero-order chi connectivity index (χ0) is 17.4. The van der Waals surface area contributed by atoms with Crippen LogP contribution in [0, 0.1) is 0 Å². The molecule has 0 aliphatic heterocycles. The second kappa shape index (κ2) is 9.29. The van der Waals surface area contributed by atoms with E-state index in [2.05, 4.69) is 26.6 Å². The van der Waals surface area contributed by atoms with Gasteiger partial charge in [-0.1, -0.05) is 28.1 Å². The maximum Gasteiger partial charge on any atom is 0.330 e. The van der Waals surface area contributed by atoms with Crippen LogP contribution >= 0.6 is 15.9 Å². The van der Waals surface area contributed by atoms with Crippen LogP contribution in [0.5, 0.6) is 0 Å². The van der Waals surface area contributed by atoms with Crippen molar-refractivity contribution >= 4 is 33.7 Å². The third kappa shape index (κ3) is 7.27. The van der Waals surface area contributed by atoms with Crippen molar-refractivity contribution in [3.63, 3.8) is 0 Å². The van der Waals surface area contributed by atoms with Crippen molar-refractivity contribution in [1.29, 1.82) is 0 Å². The van der Waals surface area contributed by atoms with Gasteiger partial charge in [-0.15, -0.1) is 0 Å². The SMILES string of the molecule is CC(C)NC(=O)CCCC(=O)NC(C(=O)O)c1ccc(Br)cc1. The first-order valence-electron chi connectivity index (χ1n) is 7.36. The molecule has 0 aromatic heterocycles. The highest BCUT2D eigenvalue weighted by atomic mass is 79.9. The maximum absolute atomic E-state index is 11.9. The predicted octanol–water partition coefficient (Wildman–Crippen LogP) is 2.39. The number of halogens is 1. The molecule has 1 rings (SSSR count). The number of carboxylic acids is 1. The number of aliphatic carboxylic acids is 1. The molecule has 0 fully saturated rings. The largest absolute Gasteiger partial charge is 0.479 e. The number of benzene rings is 1. The smallest absolute Gasteiger partial charge is 0.330 e. The molecule has 1 atom stereocenters. The van der Waals surface area contributed by atoms with Crippen LogP contribution in [0.3, 0.4) is 0 Å². The normalized spacial score (nSPS) is 11.8. The third-order valence-electron chi connectivity index (χ3n) is 3.01. The van der Waals surface area contributed by atoms with E-state index in [4.69, 9.17) is 0 Å². The van der Waals surface area contributed by atoms with Crippen LogP contribution in [0.15, 0.2) is 28.7 Å². The molecule has 0 saturated carbocycles. The summed E-state index contributed by atoms with van der Waals surface area (Å²) < 4.78 is 0.827. The minimum absolute atomic E-state index is 0.0603. The fourth-order valence-corrected chi connectivity index (χ4v) is 2.24. The van der Waals surface area contributed by atoms with Crippen molar-refractivity contribution in [2.45, 2.75) is 45.2 Å². The van der Waals surface area contributed by atoms with Crippen molar-refractivity contribution in [2.75, 3.05) is 0 Å². The number of hydrogen-bond acceptors (Lipinski definition) is 3. The average molecular weight is 385 g/mol. The zero-order valence-corrected chi connectivity index (χ0v) is 14.7. The molecule has 1 aromatic rings. The lowest BCUT2D eigenvalue weighted by molar-refractivity contribution is -0.142. The quantitative estimate of drug-likeness (QED) is 0.640. The van der Waals surface area contributed by atoms with Crippen LogP contribution in [-0.2, 0) is 14.4 Å². The molecular formula is C16H21BrN2O4. The molecule has 0 heterocycles. The molecule has 126 valence electrons. The number of carboxylic acid groups (broad SMARTS) is 1. The summed E-state index contributed by atoms with van der Waals surface area (Å²) in [6.45, 7) is 3.72. The summed E-state index contributed by atoms with van der Waals surface area (Å²) >= 11 is 3.27. The van der Waals surface area contributed by atoms with E-state index in [1.54, 1.807) is 24.3 Å². The lowest BCUT2D eigenvalue weighted by atomic mass is 10.1. The van der Waals surface area contributed by atoms with Gasteiger partial charge in [0.1, 0.15) is 0 Å². The number of carbonyl (C=O) groups is 3. The standard InChI is InChI=1S/C16H21BrN2O4/c1-10(2)18-13(20)4-3-5-14(21)19-15(16(22)23)11-6-8-12(17)9-7-11/h6-10,15H,3-5H2,1-2H3,(H,18,20)(H,19,21)(H,22,23). The molecule has 23 heavy (non-hydrogen) atoms. The number of nitrogens with one attached hydrogen (secondary N) is 2. The molecule has 0 aliphatic rings. The Labute approximate surface area is 143 Å². The highest BCUT2D eigenvalue weighted by Gasteiger charge is 2.21. The van der Waals surface area contributed by atoms with Crippen LogP contribution in [-0.4, -0.2) is 28.9 Å². The summed E-state index contributed by atoms with van der Waals surface area (Å²) in [5.74, 6) is -1.63. The van der Waals surface area contributed by atoms with Crippen LogP contribution in [0.25, 0.3) is 0 Å².